The van der Waals surface area contributed by atoms with Gasteiger partial charge < -0.3 is 9.80 Å². The van der Waals surface area contributed by atoms with Crippen molar-refractivity contribution in [3.05, 3.63) is 98.0 Å². The molecule has 0 radical (unpaired) electrons. The van der Waals surface area contributed by atoms with E-state index in [9.17, 15) is 24.1 Å². The van der Waals surface area contributed by atoms with E-state index >= 15 is 0 Å². The fraction of sp³-hybridized carbons (Fsp3) is 0.250. The van der Waals surface area contributed by atoms with Crippen molar-refractivity contribution < 1.29 is 18.9 Å². The van der Waals surface area contributed by atoms with E-state index in [0.29, 0.717) is 6.54 Å². The van der Waals surface area contributed by atoms with Crippen LogP contribution in [0.5, 0.6) is 0 Å². The van der Waals surface area contributed by atoms with Crippen LogP contribution in [0.1, 0.15) is 34.6 Å². The molecule has 0 aliphatic carbocycles. The summed E-state index contributed by atoms with van der Waals surface area (Å²) in [5.41, 5.74) is 0.935. The molecule has 9 heteroatoms. The molecule has 0 N–H and O–H groups in total. The second-order valence-electron chi connectivity index (χ2n) is 7.79. The van der Waals surface area contributed by atoms with E-state index in [1.807, 2.05) is 17.5 Å². The summed E-state index contributed by atoms with van der Waals surface area (Å²) in [4.78, 5) is 40.8. The number of carbonyl (C=O) groups is 2. The van der Waals surface area contributed by atoms with Crippen LogP contribution in [-0.2, 0) is 17.9 Å². The van der Waals surface area contributed by atoms with Crippen LogP contribution < -0.4 is 0 Å². The van der Waals surface area contributed by atoms with E-state index in [4.69, 9.17) is 0 Å². The lowest BCUT2D eigenvalue weighted by atomic mass is 10.1. The summed E-state index contributed by atoms with van der Waals surface area (Å²) < 4.78 is 13.3. The molecule has 0 aliphatic heterocycles. The maximum absolute atomic E-state index is 13.3. The van der Waals surface area contributed by atoms with E-state index in [1.165, 1.54) is 52.6 Å². The summed E-state index contributed by atoms with van der Waals surface area (Å²) in [6, 6.07) is 14.8. The van der Waals surface area contributed by atoms with Crippen LogP contribution in [0, 0.1) is 15.9 Å². The third-order valence-corrected chi connectivity index (χ3v) is 5.94. The van der Waals surface area contributed by atoms with Crippen LogP contribution in [0.25, 0.3) is 0 Å². The predicted molar refractivity (Wildman–Crippen MR) is 124 cm³/mol. The number of carbonyl (C=O) groups excluding carboxylic acids is 2. The number of halogens is 1. The summed E-state index contributed by atoms with van der Waals surface area (Å²) in [5, 5.41) is 12.8. The quantitative estimate of drug-likeness (QED) is 0.330. The third-order valence-electron chi connectivity index (χ3n) is 5.08. The Hall–Kier alpha value is -3.59. The van der Waals surface area contributed by atoms with Gasteiger partial charge >= 0.3 is 0 Å². The van der Waals surface area contributed by atoms with Crippen molar-refractivity contribution in [3.63, 3.8) is 0 Å². The largest absolute Gasteiger partial charge is 0.332 e. The number of hydrogen-bond donors (Lipinski definition) is 0. The van der Waals surface area contributed by atoms with Gasteiger partial charge in [0.05, 0.1) is 11.5 Å². The second-order valence-corrected chi connectivity index (χ2v) is 8.82. The molecule has 0 saturated heterocycles. The van der Waals surface area contributed by atoms with E-state index in [2.05, 4.69) is 0 Å². The Bertz CT molecular complexity index is 1100. The van der Waals surface area contributed by atoms with Gasteiger partial charge in [-0.2, -0.15) is 0 Å². The van der Waals surface area contributed by atoms with Crippen LogP contribution in [0.15, 0.2) is 66.0 Å². The Kier molecular flexibility index (Phi) is 7.89. The number of benzene rings is 2. The molecular formula is C24H24FN3O4S. The number of nitro groups is 1. The number of non-ortho nitro benzene ring substituents is 1. The lowest BCUT2D eigenvalue weighted by molar-refractivity contribution is -0.384. The van der Waals surface area contributed by atoms with Crippen molar-refractivity contribution in [2.24, 2.45) is 0 Å². The maximum Gasteiger partial charge on any atom is 0.269 e. The molecular weight excluding hydrogens is 445 g/mol. The molecule has 0 spiro atoms. The van der Waals surface area contributed by atoms with Crippen LogP contribution >= 0.6 is 11.3 Å². The summed E-state index contributed by atoms with van der Waals surface area (Å²) in [6.45, 7) is 4.10. The SMILES string of the molecule is CC(C)N(CC(=O)N(Cc1ccc(F)cc1)Cc1cccs1)C(=O)c1ccc([N+](=O)[O-])cc1. The van der Waals surface area contributed by atoms with Gasteiger partial charge in [-0.1, -0.05) is 18.2 Å². The zero-order valence-corrected chi connectivity index (χ0v) is 19.1. The average molecular weight is 470 g/mol. The molecule has 1 heterocycles. The van der Waals surface area contributed by atoms with E-state index in [-0.39, 0.29) is 48.0 Å². The number of hydrogen-bond acceptors (Lipinski definition) is 5. The number of amides is 2. The lowest BCUT2D eigenvalue weighted by Crippen LogP contribution is -2.45. The van der Waals surface area contributed by atoms with Crippen molar-refractivity contribution in [1.82, 2.24) is 9.80 Å². The third kappa shape index (κ3) is 6.45. The summed E-state index contributed by atoms with van der Waals surface area (Å²) in [6.07, 6.45) is 0. The van der Waals surface area contributed by atoms with Gasteiger partial charge in [-0.15, -0.1) is 11.3 Å². The Labute approximate surface area is 195 Å². The predicted octanol–water partition coefficient (Wildman–Crippen LogP) is 4.88. The highest BCUT2D eigenvalue weighted by atomic mass is 32.1. The van der Waals surface area contributed by atoms with Crippen LogP contribution in [0.2, 0.25) is 0 Å². The van der Waals surface area contributed by atoms with E-state index in [0.717, 1.165) is 10.4 Å². The fourth-order valence-corrected chi connectivity index (χ4v) is 3.98. The Morgan fingerprint density at radius 3 is 2.24 bits per heavy atom. The van der Waals surface area contributed by atoms with Gasteiger partial charge in [0.2, 0.25) is 5.91 Å². The van der Waals surface area contributed by atoms with Gasteiger partial charge in [0.1, 0.15) is 12.4 Å². The highest BCUT2D eigenvalue weighted by Gasteiger charge is 2.25. The number of thiophene rings is 1. The Morgan fingerprint density at radius 1 is 1.03 bits per heavy atom. The van der Waals surface area contributed by atoms with Gasteiger partial charge in [-0.05, 0) is 55.1 Å². The smallest absolute Gasteiger partial charge is 0.269 e. The normalized spacial score (nSPS) is 10.8. The fourth-order valence-electron chi connectivity index (χ4n) is 3.26. The zero-order chi connectivity index (χ0) is 24.0. The number of nitro benzene ring substituents is 1. The Morgan fingerprint density at radius 2 is 1.70 bits per heavy atom. The van der Waals surface area contributed by atoms with Gasteiger partial charge in [0.15, 0.2) is 0 Å². The van der Waals surface area contributed by atoms with Gasteiger partial charge in [-0.3, -0.25) is 19.7 Å². The first-order valence-electron chi connectivity index (χ1n) is 10.3. The first-order chi connectivity index (χ1) is 15.7. The molecule has 7 nitrogen and oxygen atoms in total. The maximum atomic E-state index is 13.3. The summed E-state index contributed by atoms with van der Waals surface area (Å²) in [7, 11) is 0. The first-order valence-corrected chi connectivity index (χ1v) is 11.2. The lowest BCUT2D eigenvalue weighted by Gasteiger charge is -2.30. The van der Waals surface area contributed by atoms with Crippen LogP contribution in [0.4, 0.5) is 10.1 Å². The molecule has 0 atom stereocenters. The highest BCUT2D eigenvalue weighted by molar-refractivity contribution is 7.09. The standard InChI is InChI=1S/C24H24FN3O4S/c1-17(2)27(24(30)19-7-11-21(12-8-19)28(31)32)16-23(29)26(15-22-4-3-13-33-22)14-18-5-9-20(25)10-6-18/h3-13,17H,14-16H2,1-2H3. The van der Waals surface area contributed by atoms with Crippen LogP contribution in [0.3, 0.4) is 0 Å². The molecule has 0 fully saturated rings. The summed E-state index contributed by atoms with van der Waals surface area (Å²) >= 11 is 1.52. The zero-order valence-electron chi connectivity index (χ0n) is 18.3. The molecule has 0 bridgehead atoms. The molecule has 2 aromatic carbocycles. The van der Waals surface area contributed by atoms with Crippen molar-refractivity contribution in [2.45, 2.75) is 33.0 Å². The van der Waals surface area contributed by atoms with Crippen molar-refractivity contribution in [1.29, 1.82) is 0 Å². The van der Waals surface area contributed by atoms with Gasteiger partial charge in [0, 0.05) is 35.2 Å². The average Bonchev–Trinajstić information content (AvgIpc) is 3.31. The molecule has 33 heavy (non-hydrogen) atoms. The molecule has 0 aliphatic rings. The van der Waals surface area contributed by atoms with Crippen molar-refractivity contribution in [2.75, 3.05) is 6.54 Å². The monoisotopic (exact) mass is 469 g/mol. The highest BCUT2D eigenvalue weighted by Crippen LogP contribution is 2.18. The van der Waals surface area contributed by atoms with E-state index < -0.39 is 4.92 Å². The minimum Gasteiger partial charge on any atom is -0.332 e. The van der Waals surface area contributed by atoms with E-state index in [1.54, 1.807) is 30.9 Å². The minimum atomic E-state index is -0.532. The topological polar surface area (TPSA) is 83.8 Å². The van der Waals surface area contributed by atoms with Gasteiger partial charge in [-0.25, -0.2) is 4.39 Å². The molecule has 2 amide bonds. The first kappa shape index (κ1) is 24.1. The number of rotatable bonds is 9. The molecule has 3 aromatic rings. The molecule has 172 valence electrons. The van der Waals surface area contributed by atoms with Crippen molar-refractivity contribution >= 4 is 28.8 Å². The van der Waals surface area contributed by atoms with Crippen molar-refractivity contribution in [3.8, 4) is 0 Å². The summed E-state index contributed by atoms with van der Waals surface area (Å²) in [5.74, 6) is -0.989. The molecule has 0 unspecified atom stereocenters. The number of nitrogens with zero attached hydrogens (tertiary/aromatic N) is 3. The van der Waals surface area contributed by atoms with Gasteiger partial charge in [0.25, 0.3) is 11.6 Å². The molecule has 1 aromatic heterocycles. The second kappa shape index (κ2) is 10.8. The minimum absolute atomic E-state index is 0.111. The molecule has 0 saturated carbocycles. The molecule has 3 rings (SSSR count). The van der Waals surface area contributed by atoms with Crippen LogP contribution in [-0.4, -0.2) is 39.1 Å². The Balaban J connectivity index is 1.79.